The number of aromatic nitrogens is 12. The molecule has 1 fully saturated rings. The van der Waals surface area contributed by atoms with E-state index in [1.54, 1.807) is 55.9 Å². The molecule has 13 rings (SSSR count). The molecule has 1 aliphatic rings. The molecule has 8 aromatic heterocycles. The Balaban J connectivity index is 0.000000158. The number of imidazole rings is 2. The third kappa shape index (κ3) is 10.1. The first-order valence-electron chi connectivity index (χ1n) is 24.7. The molecule has 0 spiro atoms. The van der Waals surface area contributed by atoms with Crippen LogP contribution < -0.4 is 21.3 Å². The number of rotatable bonds is 11. The summed E-state index contributed by atoms with van der Waals surface area (Å²) in [5.74, 6) is 1.72. The molecule has 0 radical (unpaired) electrons. The largest absolute Gasteiger partial charge is 0.358 e. The molecule has 4 aromatic carbocycles. The standard InChI is InChI=1S/C31H26FIN8O.C26H18FIN8/c1-18-7-9-21-20(11-13-35-29(21)39-24-10-8-19(33)15-23(24)32)26(18)40-30-22(5-4-12-34-30)27-28-31(37-16-36-27)41(17-38-28)25-6-2-3-14-42-25;1-14-4-6-17-16(8-10-30-24(17)35-20-7-5-15(28)11-19(20)27)21(14)36-25-18(3-2-9-29-25)22-23-26(33-12-31-22)34-13-32-23/h4-5,7-13,15-17,25H,2-3,6,14H2,1H3,(H,34,40)(H,35,39);2-13H,1H3,(H,29,36)(H,30,35)(H,31,32,33,34). The maximum atomic E-state index is 14.7. The predicted octanol–water partition coefficient (Wildman–Crippen LogP) is 14.2. The van der Waals surface area contributed by atoms with Crippen LogP contribution in [0.25, 0.3) is 66.4 Å². The van der Waals surface area contributed by atoms with Crippen LogP contribution in [0.5, 0.6) is 0 Å². The molecular formula is C57H44F2I2N16O. The minimum atomic E-state index is -0.335. The number of anilines is 8. The van der Waals surface area contributed by atoms with E-state index < -0.39 is 0 Å². The molecule has 386 valence electrons. The van der Waals surface area contributed by atoms with Gasteiger partial charge in [0.1, 0.15) is 76.2 Å². The van der Waals surface area contributed by atoms with Crippen molar-refractivity contribution in [3.05, 3.63) is 177 Å². The highest BCUT2D eigenvalue weighted by Crippen LogP contribution is 2.40. The second-order valence-electron chi connectivity index (χ2n) is 18.3. The Bertz CT molecular complexity index is 4230. The quantitative estimate of drug-likeness (QED) is 0.0764. The van der Waals surface area contributed by atoms with Crippen molar-refractivity contribution in [1.29, 1.82) is 0 Å². The Kier molecular flexibility index (Phi) is 14.2. The number of hydrogen-bond acceptors (Lipinski definition) is 15. The fourth-order valence-corrected chi connectivity index (χ4v) is 10.4. The number of benzene rings is 4. The summed E-state index contributed by atoms with van der Waals surface area (Å²) in [5.41, 5.74) is 10.2. The lowest BCUT2D eigenvalue weighted by Gasteiger charge is -2.23. The second-order valence-corrected chi connectivity index (χ2v) is 20.8. The van der Waals surface area contributed by atoms with Crippen LogP contribution >= 0.6 is 45.2 Å². The summed E-state index contributed by atoms with van der Waals surface area (Å²) < 4.78 is 38.8. The molecule has 1 unspecified atom stereocenters. The Morgan fingerprint density at radius 2 is 1.14 bits per heavy atom. The fraction of sp³-hybridized carbons (Fsp3) is 0.123. The number of nitrogens with zero attached hydrogens (tertiary/aromatic N) is 11. The van der Waals surface area contributed by atoms with E-state index in [4.69, 9.17) is 14.7 Å². The van der Waals surface area contributed by atoms with Crippen molar-refractivity contribution in [3.63, 3.8) is 0 Å². The van der Waals surface area contributed by atoms with Gasteiger partial charge in [-0.05, 0) is 162 Å². The van der Waals surface area contributed by atoms with Crippen molar-refractivity contribution in [2.24, 2.45) is 0 Å². The Morgan fingerprint density at radius 1 is 0.564 bits per heavy atom. The van der Waals surface area contributed by atoms with E-state index in [2.05, 4.69) is 111 Å². The highest BCUT2D eigenvalue weighted by molar-refractivity contribution is 14.1. The van der Waals surface area contributed by atoms with Crippen LogP contribution in [0.4, 0.5) is 54.8 Å². The van der Waals surface area contributed by atoms with Crippen LogP contribution in [0, 0.1) is 32.6 Å². The number of halogens is 4. The molecule has 9 heterocycles. The molecule has 1 atom stereocenters. The van der Waals surface area contributed by atoms with Gasteiger partial charge in [-0.15, -0.1) is 0 Å². The molecule has 5 N–H and O–H groups in total. The van der Waals surface area contributed by atoms with E-state index in [1.165, 1.54) is 18.5 Å². The van der Waals surface area contributed by atoms with Crippen molar-refractivity contribution < 1.29 is 13.5 Å². The summed E-state index contributed by atoms with van der Waals surface area (Å²) in [4.78, 5) is 48.3. The van der Waals surface area contributed by atoms with Crippen LogP contribution in [0.2, 0.25) is 0 Å². The molecule has 21 heteroatoms. The monoisotopic (exact) mass is 1260 g/mol. The summed E-state index contributed by atoms with van der Waals surface area (Å²) in [6, 6.07) is 29.6. The maximum Gasteiger partial charge on any atom is 0.181 e. The second kappa shape index (κ2) is 21.9. The van der Waals surface area contributed by atoms with Crippen molar-refractivity contribution in [2.75, 3.05) is 27.9 Å². The summed E-state index contributed by atoms with van der Waals surface area (Å²) in [6.07, 6.45) is 16.3. The number of aryl methyl sites for hydroxylation is 2. The lowest BCUT2D eigenvalue weighted by molar-refractivity contribution is -0.0298. The van der Waals surface area contributed by atoms with Crippen LogP contribution in [-0.2, 0) is 4.74 Å². The molecule has 78 heavy (non-hydrogen) atoms. The van der Waals surface area contributed by atoms with Gasteiger partial charge in [-0.3, -0.25) is 4.57 Å². The van der Waals surface area contributed by atoms with Gasteiger partial charge in [0.15, 0.2) is 11.3 Å². The average molecular weight is 1260 g/mol. The number of hydrogen-bond donors (Lipinski definition) is 5. The first-order valence-corrected chi connectivity index (χ1v) is 26.9. The Hall–Kier alpha value is -8.42. The lowest BCUT2D eigenvalue weighted by Crippen LogP contribution is -2.17. The summed E-state index contributed by atoms with van der Waals surface area (Å²) in [7, 11) is 0. The number of nitrogens with one attached hydrogen (secondary N) is 5. The molecular weight excluding hydrogens is 1220 g/mol. The zero-order chi connectivity index (χ0) is 53.3. The normalized spacial score (nSPS) is 13.4. The van der Waals surface area contributed by atoms with Gasteiger partial charge < -0.3 is 31.0 Å². The van der Waals surface area contributed by atoms with E-state index in [0.717, 1.165) is 99.3 Å². The molecule has 1 aliphatic heterocycles. The highest BCUT2D eigenvalue weighted by Gasteiger charge is 2.23. The van der Waals surface area contributed by atoms with Gasteiger partial charge in [-0.25, -0.2) is 58.6 Å². The number of ether oxygens (including phenoxy) is 1. The van der Waals surface area contributed by atoms with E-state index in [0.29, 0.717) is 57.2 Å². The van der Waals surface area contributed by atoms with E-state index in [1.807, 2.05) is 91.2 Å². The summed E-state index contributed by atoms with van der Waals surface area (Å²) in [5, 5.41) is 16.9. The zero-order valence-corrected chi connectivity index (χ0v) is 45.9. The van der Waals surface area contributed by atoms with Crippen molar-refractivity contribution in [1.82, 2.24) is 59.4 Å². The third-order valence-corrected chi connectivity index (χ3v) is 14.7. The van der Waals surface area contributed by atoms with E-state index in [-0.39, 0.29) is 17.9 Å². The van der Waals surface area contributed by atoms with Gasteiger partial charge in [-0.2, -0.15) is 0 Å². The Labute approximate surface area is 471 Å². The van der Waals surface area contributed by atoms with Gasteiger partial charge in [0, 0.05) is 71.2 Å². The first kappa shape index (κ1) is 50.4. The van der Waals surface area contributed by atoms with Gasteiger partial charge in [0.05, 0.1) is 35.4 Å². The number of pyridine rings is 4. The maximum absolute atomic E-state index is 14.7. The van der Waals surface area contributed by atoms with Crippen LogP contribution in [0.1, 0.15) is 36.6 Å². The van der Waals surface area contributed by atoms with Gasteiger partial charge in [0.25, 0.3) is 0 Å². The highest BCUT2D eigenvalue weighted by atomic mass is 127. The molecule has 0 saturated carbocycles. The molecule has 1 saturated heterocycles. The van der Waals surface area contributed by atoms with E-state index in [9.17, 15) is 8.78 Å². The smallest absolute Gasteiger partial charge is 0.181 e. The van der Waals surface area contributed by atoms with Crippen LogP contribution in [0.15, 0.2) is 147 Å². The van der Waals surface area contributed by atoms with Crippen molar-refractivity contribution in [3.8, 4) is 22.5 Å². The molecule has 12 aromatic rings. The lowest BCUT2D eigenvalue weighted by atomic mass is 10.0. The predicted molar refractivity (Wildman–Crippen MR) is 317 cm³/mol. The summed E-state index contributed by atoms with van der Waals surface area (Å²) in [6.45, 7) is 4.79. The van der Waals surface area contributed by atoms with E-state index >= 15 is 0 Å². The van der Waals surface area contributed by atoms with Crippen molar-refractivity contribution in [2.45, 2.75) is 39.3 Å². The Morgan fingerprint density at radius 3 is 1.73 bits per heavy atom. The number of aromatic amines is 1. The molecule has 0 bridgehead atoms. The zero-order valence-electron chi connectivity index (χ0n) is 41.6. The SMILES string of the molecule is Cc1ccc2c(Nc3ccc(I)cc3F)nccc2c1Nc1ncccc1-c1ncnc2c1ncn2C1CCCCO1.Cc1ccc2c(Nc3ccc(I)cc3F)nccc2c1Nc1ncccc1-c1ncnc2nc[nH]c12. The molecule has 0 aliphatic carbocycles. The minimum absolute atomic E-state index is 0.0827. The topological polar surface area (TPSA) is 207 Å². The summed E-state index contributed by atoms with van der Waals surface area (Å²) >= 11 is 4.18. The molecule has 17 nitrogen and oxygen atoms in total. The first-order chi connectivity index (χ1) is 38.1. The van der Waals surface area contributed by atoms with Gasteiger partial charge >= 0.3 is 0 Å². The van der Waals surface area contributed by atoms with Crippen molar-refractivity contribution >= 4 is 135 Å². The van der Waals surface area contributed by atoms with Gasteiger partial charge in [-0.1, -0.05) is 24.3 Å². The number of fused-ring (bicyclic) bond motifs is 4. The average Bonchev–Trinajstić information content (AvgIpc) is 4.16. The van der Waals surface area contributed by atoms with Crippen LogP contribution in [-0.4, -0.2) is 66.0 Å². The van der Waals surface area contributed by atoms with Gasteiger partial charge in [0.2, 0.25) is 0 Å². The van der Waals surface area contributed by atoms with Crippen LogP contribution in [0.3, 0.4) is 0 Å². The number of H-pyrrole nitrogens is 1. The fourth-order valence-electron chi connectivity index (χ4n) is 9.50. The molecule has 0 amide bonds. The minimum Gasteiger partial charge on any atom is -0.358 e. The third-order valence-electron chi connectivity index (χ3n) is 13.3.